The van der Waals surface area contributed by atoms with E-state index in [2.05, 4.69) is 20.5 Å². The molecule has 0 saturated carbocycles. The lowest BCUT2D eigenvalue weighted by Crippen LogP contribution is -2.15. The fraction of sp³-hybridized carbons (Fsp3) is 0.100. The highest BCUT2D eigenvalue weighted by Crippen LogP contribution is 2.31. The molecule has 12 heteroatoms. The summed E-state index contributed by atoms with van der Waals surface area (Å²) in [5.41, 5.74) is 1.06. The van der Waals surface area contributed by atoms with E-state index in [9.17, 15) is 4.79 Å². The maximum absolute atomic E-state index is 12.5. The molecule has 2 aromatic heterocycles. The molecule has 2 heterocycles. The fourth-order valence-electron chi connectivity index (χ4n) is 2.70. The van der Waals surface area contributed by atoms with E-state index in [0.717, 1.165) is 5.56 Å². The molecule has 0 atom stereocenters. The number of aromatic nitrogens is 5. The first-order valence-corrected chi connectivity index (χ1v) is 10.7. The van der Waals surface area contributed by atoms with Crippen molar-refractivity contribution in [2.45, 2.75) is 13.3 Å². The first kappa shape index (κ1) is 22.4. The molecule has 1 N–H and O–H groups in total. The van der Waals surface area contributed by atoms with Crippen molar-refractivity contribution < 1.29 is 9.53 Å². The van der Waals surface area contributed by atoms with Crippen LogP contribution in [0.3, 0.4) is 0 Å². The zero-order valence-corrected chi connectivity index (χ0v) is 19.2. The number of halogens is 4. The van der Waals surface area contributed by atoms with Crippen LogP contribution < -0.4 is 10.1 Å². The van der Waals surface area contributed by atoms with Crippen molar-refractivity contribution >= 4 is 58.3 Å². The smallest absolute Gasteiger partial charge is 0.278 e. The predicted octanol–water partition coefficient (Wildman–Crippen LogP) is 5.43. The summed E-state index contributed by atoms with van der Waals surface area (Å²) < 4.78 is 8.61. The van der Waals surface area contributed by atoms with Gasteiger partial charge in [-0.05, 0) is 35.9 Å². The van der Waals surface area contributed by atoms with Gasteiger partial charge in [-0.1, -0.05) is 58.5 Å². The average Bonchev–Trinajstić information content (AvgIpc) is 3.41. The summed E-state index contributed by atoms with van der Waals surface area (Å²) in [6.45, 7) is 0.460. The summed E-state index contributed by atoms with van der Waals surface area (Å²) in [4.78, 5) is 16.6. The third kappa shape index (κ3) is 5.34. The molecule has 0 aliphatic rings. The predicted molar refractivity (Wildman–Crippen MR) is 123 cm³/mol. The third-order valence-electron chi connectivity index (χ3n) is 4.23. The standard InChI is InChI=1S/C20H14Cl4N6O2/c21-13-5-4-12(8-15(13)23)9-30-10-25-20(28-30)26-19(31)16-6-7-29(27-16)11-32-17-3-1-2-14(22)18(17)24/h1-8,10H,9,11H2,(H,26,28,31). The minimum Gasteiger partial charge on any atom is -0.470 e. The SMILES string of the molecule is O=C(Nc1ncn(Cc2ccc(Cl)c(Cl)c2)n1)c1ccn(COc2cccc(Cl)c2Cl)n1. The zero-order chi connectivity index (χ0) is 22.7. The molecule has 2 aromatic carbocycles. The molecule has 0 aliphatic heterocycles. The molecule has 4 rings (SSSR count). The first-order chi connectivity index (χ1) is 15.4. The van der Waals surface area contributed by atoms with Crippen LogP contribution >= 0.6 is 46.4 Å². The van der Waals surface area contributed by atoms with Crippen LogP contribution in [-0.2, 0) is 13.3 Å². The number of carbonyl (C=O) groups is 1. The number of hydrogen-bond acceptors (Lipinski definition) is 5. The Labute approximate surface area is 202 Å². The number of anilines is 1. The number of amides is 1. The van der Waals surface area contributed by atoms with Crippen molar-refractivity contribution in [3.05, 3.63) is 86.3 Å². The van der Waals surface area contributed by atoms with Crippen molar-refractivity contribution in [3.8, 4) is 5.75 Å². The largest absolute Gasteiger partial charge is 0.470 e. The highest BCUT2D eigenvalue weighted by atomic mass is 35.5. The molecule has 164 valence electrons. The minimum atomic E-state index is -0.461. The Morgan fingerprint density at radius 1 is 0.969 bits per heavy atom. The molecule has 0 radical (unpaired) electrons. The Hall–Kier alpha value is -2.78. The summed E-state index contributed by atoms with van der Waals surface area (Å²) in [6, 6.07) is 11.9. The highest BCUT2D eigenvalue weighted by molar-refractivity contribution is 6.43. The quantitative estimate of drug-likeness (QED) is 0.357. The van der Waals surface area contributed by atoms with Gasteiger partial charge >= 0.3 is 0 Å². The summed E-state index contributed by atoms with van der Waals surface area (Å²) in [7, 11) is 0. The van der Waals surface area contributed by atoms with Crippen LogP contribution in [0.15, 0.2) is 55.0 Å². The van der Waals surface area contributed by atoms with Gasteiger partial charge in [0, 0.05) is 6.20 Å². The summed E-state index contributed by atoms with van der Waals surface area (Å²) in [5.74, 6) is 0.0979. The Bertz CT molecular complexity index is 1270. The van der Waals surface area contributed by atoms with Gasteiger partial charge in [-0.2, -0.15) is 5.10 Å². The number of benzene rings is 2. The van der Waals surface area contributed by atoms with Gasteiger partial charge in [-0.25, -0.2) is 14.3 Å². The molecule has 0 bridgehead atoms. The van der Waals surface area contributed by atoms with Crippen LogP contribution in [0.5, 0.6) is 5.75 Å². The lowest BCUT2D eigenvalue weighted by Gasteiger charge is -2.08. The van der Waals surface area contributed by atoms with E-state index in [1.165, 1.54) is 11.0 Å². The van der Waals surface area contributed by atoms with Crippen LogP contribution in [0.4, 0.5) is 5.95 Å². The number of hydrogen-bond donors (Lipinski definition) is 1. The third-order valence-corrected chi connectivity index (χ3v) is 5.77. The second-order valence-electron chi connectivity index (χ2n) is 6.53. The van der Waals surface area contributed by atoms with E-state index >= 15 is 0 Å². The molecule has 0 aliphatic carbocycles. The second kappa shape index (κ2) is 9.79. The van der Waals surface area contributed by atoms with Crippen molar-refractivity contribution in [1.29, 1.82) is 0 Å². The maximum atomic E-state index is 12.5. The topological polar surface area (TPSA) is 86.9 Å². The van der Waals surface area contributed by atoms with Crippen LogP contribution in [0.25, 0.3) is 0 Å². The van der Waals surface area contributed by atoms with Crippen LogP contribution in [0.2, 0.25) is 20.1 Å². The van der Waals surface area contributed by atoms with E-state index in [0.29, 0.717) is 32.4 Å². The Kier molecular flexibility index (Phi) is 6.86. The van der Waals surface area contributed by atoms with Gasteiger partial charge in [0.25, 0.3) is 5.91 Å². The second-order valence-corrected chi connectivity index (χ2v) is 8.13. The Morgan fingerprint density at radius 2 is 1.81 bits per heavy atom. The molecular formula is C20H14Cl4N6O2. The molecule has 0 saturated heterocycles. The van der Waals surface area contributed by atoms with Crippen LogP contribution in [0.1, 0.15) is 16.1 Å². The number of nitrogens with one attached hydrogen (secondary N) is 1. The lowest BCUT2D eigenvalue weighted by molar-refractivity contribution is 0.101. The Morgan fingerprint density at radius 3 is 2.62 bits per heavy atom. The number of carbonyl (C=O) groups excluding carboxylic acids is 1. The van der Waals surface area contributed by atoms with E-state index in [-0.39, 0.29) is 18.4 Å². The molecule has 0 unspecified atom stereocenters. The first-order valence-electron chi connectivity index (χ1n) is 9.14. The molecule has 8 nitrogen and oxygen atoms in total. The number of ether oxygens (including phenoxy) is 1. The van der Waals surface area contributed by atoms with Gasteiger partial charge in [0.2, 0.25) is 5.95 Å². The summed E-state index contributed by atoms with van der Waals surface area (Å²) in [6.07, 6.45) is 3.10. The molecular weight excluding hydrogens is 498 g/mol. The van der Waals surface area contributed by atoms with Gasteiger partial charge in [-0.15, -0.1) is 5.10 Å². The van der Waals surface area contributed by atoms with Gasteiger partial charge in [0.15, 0.2) is 12.4 Å². The minimum absolute atomic E-state index is 0.0455. The number of rotatable bonds is 7. The normalized spacial score (nSPS) is 10.9. The van der Waals surface area contributed by atoms with E-state index < -0.39 is 5.91 Å². The summed E-state index contributed by atoms with van der Waals surface area (Å²) in [5, 5.41) is 12.6. The van der Waals surface area contributed by atoms with E-state index in [1.807, 2.05) is 6.07 Å². The van der Waals surface area contributed by atoms with Crippen molar-refractivity contribution in [3.63, 3.8) is 0 Å². The van der Waals surface area contributed by atoms with Crippen molar-refractivity contribution in [2.75, 3.05) is 5.32 Å². The monoisotopic (exact) mass is 510 g/mol. The molecule has 32 heavy (non-hydrogen) atoms. The lowest BCUT2D eigenvalue weighted by atomic mass is 10.2. The fourth-order valence-corrected chi connectivity index (χ4v) is 3.37. The molecule has 1 amide bonds. The van der Waals surface area contributed by atoms with Crippen LogP contribution in [-0.4, -0.2) is 30.5 Å². The van der Waals surface area contributed by atoms with Gasteiger partial charge in [0.05, 0.1) is 21.6 Å². The molecule has 0 fully saturated rings. The maximum Gasteiger partial charge on any atom is 0.278 e. The van der Waals surface area contributed by atoms with Gasteiger partial charge in [0.1, 0.15) is 17.1 Å². The van der Waals surface area contributed by atoms with Crippen molar-refractivity contribution in [2.24, 2.45) is 0 Å². The highest BCUT2D eigenvalue weighted by Gasteiger charge is 2.13. The van der Waals surface area contributed by atoms with Crippen LogP contribution in [0, 0.1) is 0 Å². The van der Waals surface area contributed by atoms with E-state index in [4.69, 9.17) is 51.1 Å². The zero-order valence-electron chi connectivity index (χ0n) is 16.2. The van der Waals surface area contributed by atoms with E-state index in [1.54, 1.807) is 47.3 Å². The summed E-state index contributed by atoms with van der Waals surface area (Å²) >= 11 is 24.0. The number of nitrogens with zero attached hydrogens (tertiary/aromatic N) is 5. The van der Waals surface area contributed by atoms with Gasteiger partial charge in [-0.3, -0.25) is 10.1 Å². The molecule has 0 spiro atoms. The Balaban J connectivity index is 1.35. The van der Waals surface area contributed by atoms with Gasteiger partial charge < -0.3 is 4.74 Å². The average molecular weight is 512 g/mol. The van der Waals surface area contributed by atoms with Crippen molar-refractivity contribution in [1.82, 2.24) is 24.5 Å². The molecule has 4 aromatic rings.